The molecule has 65 valence electrons. The Hall–Kier alpha value is -2.05. The Morgan fingerprint density at radius 1 is 1.54 bits per heavy atom. The second kappa shape index (κ2) is 3.57. The van der Waals surface area contributed by atoms with E-state index in [9.17, 15) is 0 Å². The maximum atomic E-state index is 3.94. The lowest BCUT2D eigenvalue weighted by Crippen LogP contribution is -2.04. The molecule has 2 N–H and O–H groups in total. The van der Waals surface area contributed by atoms with E-state index in [2.05, 4.69) is 42.1 Å². The minimum Gasteiger partial charge on any atom is -0.347 e. The van der Waals surface area contributed by atoms with Crippen LogP contribution in [0, 0.1) is 6.20 Å². The largest absolute Gasteiger partial charge is 0.347 e. The number of nitrogens with one attached hydrogen (secondary N) is 2. The minimum absolute atomic E-state index is 0.463. The molecule has 7 nitrogen and oxygen atoms in total. The van der Waals surface area contributed by atoms with Gasteiger partial charge in [-0.3, -0.25) is 0 Å². The average Bonchev–Trinajstić information content (AvgIpc) is 2.69. The molecule has 0 bridgehead atoms. The molecule has 1 radical (unpaired) electrons. The van der Waals surface area contributed by atoms with Crippen molar-refractivity contribution in [2.45, 2.75) is 6.54 Å². The topological polar surface area (TPSA) is 92.3 Å². The van der Waals surface area contributed by atoms with E-state index in [0.717, 1.165) is 0 Å². The van der Waals surface area contributed by atoms with Gasteiger partial charge in [0.05, 0.1) is 12.7 Å². The Bertz CT molecular complexity index is 342. The molecule has 0 saturated heterocycles. The van der Waals surface area contributed by atoms with Crippen LogP contribution < -0.4 is 5.32 Å². The number of anilines is 1. The van der Waals surface area contributed by atoms with Crippen molar-refractivity contribution in [1.29, 1.82) is 0 Å². The van der Waals surface area contributed by atoms with Crippen molar-refractivity contribution in [3.8, 4) is 0 Å². The lowest BCUT2D eigenvalue weighted by atomic mass is 10.6. The van der Waals surface area contributed by atoms with Crippen molar-refractivity contribution in [3.63, 3.8) is 0 Å². The van der Waals surface area contributed by atoms with Gasteiger partial charge in [-0.1, -0.05) is 0 Å². The van der Waals surface area contributed by atoms with Gasteiger partial charge >= 0.3 is 0 Å². The van der Waals surface area contributed by atoms with Gasteiger partial charge < -0.3 is 5.32 Å². The summed E-state index contributed by atoms with van der Waals surface area (Å²) < 4.78 is 0. The van der Waals surface area contributed by atoms with Crippen molar-refractivity contribution >= 4 is 5.95 Å². The fourth-order valence-corrected chi connectivity index (χ4v) is 0.770. The van der Waals surface area contributed by atoms with Crippen LogP contribution in [0.1, 0.15) is 5.82 Å². The lowest BCUT2D eigenvalue weighted by molar-refractivity contribution is 0.881. The van der Waals surface area contributed by atoms with Crippen LogP contribution in [-0.4, -0.2) is 30.6 Å². The molecule has 2 aromatic rings. The summed E-state index contributed by atoms with van der Waals surface area (Å²) in [5, 5.41) is 16.1. The van der Waals surface area contributed by atoms with E-state index in [1.165, 1.54) is 0 Å². The first-order valence-corrected chi connectivity index (χ1v) is 3.61. The van der Waals surface area contributed by atoms with Crippen LogP contribution in [0.5, 0.6) is 0 Å². The van der Waals surface area contributed by atoms with E-state index in [1.54, 1.807) is 12.3 Å². The number of tetrazole rings is 1. The Labute approximate surface area is 73.6 Å². The van der Waals surface area contributed by atoms with E-state index < -0.39 is 0 Å². The third kappa shape index (κ3) is 1.95. The summed E-state index contributed by atoms with van der Waals surface area (Å²) >= 11 is 0. The zero-order valence-corrected chi connectivity index (χ0v) is 6.60. The molecule has 0 unspecified atom stereocenters. The summed E-state index contributed by atoms with van der Waals surface area (Å²) in [6, 6.07) is 1.63. The summed E-state index contributed by atoms with van der Waals surface area (Å²) in [6.07, 6.45) is 4.26. The molecule has 0 amide bonds. The van der Waals surface area contributed by atoms with Gasteiger partial charge in [0.2, 0.25) is 5.95 Å². The smallest absolute Gasteiger partial charge is 0.223 e. The van der Waals surface area contributed by atoms with Gasteiger partial charge in [0, 0.05) is 6.20 Å². The summed E-state index contributed by atoms with van der Waals surface area (Å²) in [6.45, 7) is 0.463. The molecule has 0 aromatic carbocycles. The van der Waals surface area contributed by atoms with E-state index in [0.29, 0.717) is 18.3 Å². The molecule has 7 heteroatoms. The van der Waals surface area contributed by atoms with E-state index in [-0.39, 0.29) is 0 Å². The standard InChI is InChI=1S/C6H6N7/c1-2-7-6(8-3-1)9-4-5-10-12-13-11-5/h1-2H,4H2,(H,7,8,9)(H,10,11,12,13). The zero-order chi connectivity index (χ0) is 8.93. The average molecular weight is 176 g/mol. The normalized spacial score (nSPS) is 9.85. The van der Waals surface area contributed by atoms with Crippen LogP contribution in [-0.2, 0) is 6.54 Å². The van der Waals surface area contributed by atoms with E-state index in [1.807, 2.05) is 0 Å². The number of H-pyrrole nitrogens is 1. The Kier molecular flexibility index (Phi) is 2.08. The SMILES string of the molecule is [c]1ccnc(NCc2nnn[nH]2)n1. The molecule has 0 fully saturated rings. The highest BCUT2D eigenvalue weighted by Crippen LogP contribution is 1.95. The maximum Gasteiger partial charge on any atom is 0.223 e. The molecule has 2 heterocycles. The number of hydrogen-bond donors (Lipinski definition) is 2. The van der Waals surface area contributed by atoms with Gasteiger partial charge in [0.1, 0.15) is 0 Å². The first-order valence-electron chi connectivity index (χ1n) is 3.61. The monoisotopic (exact) mass is 176 g/mol. The fourth-order valence-electron chi connectivity index (χ4n) is 0.770. The first-order chi connectivity index (χ1) is 6.45. The fraction of sp³-hybridized carbons (Fsp3) is 0.167. The summed E-state index contributed by atoms with van der Waals surface area (Å²) in [7, 11) is 0. The Morgan fingerprint density at radius 3 is 3.23 bits per heavy atom. The van der Waals surface area contributed by atoms with Gasteiger partial charge in [0.15, 0.2) is 5.82 Å². The number of rotatable bonds is 3. The minimum atomic E-state index is 0.463. The molecule has 0 aliphatic carbocycles. The second-order valence-electron chi connectivity index (χ2n) is 2.21. The number of hydrogen-bond acceptors (Lipinski definition) is 6. The highest BCUT2D eigenvalue weighted by Gasteiger charge is 1.97. The van der Waals surface area contributed by atoms with E-state index in [4.69, 9.17) is 0 Å². The van der Waals surface area contributed by atoms with Gasteiger partial charge in [-0.2, -0.15) is 0 Å². The molecule has 13 heavy (non-hydrogen) atoms. The quantitative estimate of drug-likeness (QED) is 0.648. The molecular weight excluding hydrogens is 170 g/mol. The highest BCUT2D eigenvalue weighted by atomic mass is 15.5. The Balaban J connectivity index is 1.94. The number of aromatic amines is 1. The summed E-state index contributed by atoms with van der Waals surface area (Å²) in [4.78, 5) is 7.79. The number of nitrogens with zero attached hydrogens (tertiary/aromatic N) is 5. The molecule has 0 aliphatic heterocycles. The zero-order valence-electron chi connectivity index (χ0n) is 6.60. The van der Waals surface area contributed by atoms with Crippen molar-refractivity contribution in [2.75, 3.05) is 5.32 Å². The molecular formula is C6H6N7. The first kappa shape index (κ1) is 7.59. The van der Waals surface area contributed by atoms with E-state index >= 15 is 0 Å². The lowest BCUT2D eigenvalue weighted by Gasteiger charge is -1.98. The van der Waals surface area contributed by atoms with Crippen LogP contribution in [0.2, 0.25) is 0 Å². The number of aromatic nitrogens is 6. The molecule has 2 rings (SSSR count). The predicted octanol–water partition coefficient (Wildman–Crippen LogP) is -0.598. The van der Waals surface area contributed by atoms with Gasteiger partial charge in [0.25, 0.3) is 0 Å². The van der Waals surface area contributed by atoms with Crippen molar-refractivity contribution in [2.24, 2.45) is 0 Å². The van der Waals surface area contributed by atoms with Gasteiger partial charge in [-0.05, 0) is 16.5 Å². The molecule has 0 aliphatic rings. The van der Waals surface area contributed by atoms with Crippen LogP contribution >= 0.6 is 0 Å². The predicted molar refractivity (Wildman–Crippen MR) is 42.4 cm³/mol. The molecule has 0 saturated carbocycles. The van der Waals surface area contributed by atoms with Crippen molar-refractivity contribution in [1.82, 2.24) is 30.6 Å². The summed E-state index contributed by atoms with van der Waals surface area (Å²) in [5.41, 5.74) is 0. The molecule has 0 atom stereocenters. The highest BCUT2D eigenvalue weighted by molar-refractivity contribution is 5.21. The van der Waals surface area contributed by atoms with Crippen LogP contribution in [0.4, 0.5) is 5.95 Å². The van der Waals surface area contributed by atoms with Crippen LogP contribution in [0.25, 0.3) is 0 Å². The maximum absolute atomic E-state index is 3.94. The van der Waals surface area contributed by atoms with Gasteiger partial charge in [-0.25, -0.2) is 15.1 Å². The van der Waals surface area contributed by atoms with Gasteiger partial charge in [-0.15, -0.1) is 5.10 Å². The van der Waals surface area contributed by atoms with Crippen LogP contribution in [0.3, 0.4) is 0 Å². The second-order valence-corrected chi connectivity index (χ2v) is 2.21. The summed E-state index contributed by atoms with van der Waals surface area (Å²) in [5.74, 6) is 1.13. The molecule has 0 spiro atoms. The Morgan fingerprint density at radius 2 is 2.54 bits per heavy atom. The van der Waals surface area contributed by atoms with Crippen molar-refractivity contribution in [3.05, 3.63) is 24.3 Å². The van der Waals surface area contributed by atoms with Crippen LogP contribution in [0.15, 0.2) is 12.3 Å². The molecule has 2 aromatic heterocycles. The third-order valence-corrected chi connectivity index (χ3v) is 1.32. The van der Waals surface area contributed by atoms with Crippen molar-refractivity contribution < 1.29 is 0 Å². The third-order valence-electron chi connectivity index (χ3n) is 1.32.